The summed E-state index contributed by atoms with van der Waals surface area (Å²) in [6.45, 7) is 3.37. The number of hydrogen-bond donors (Lipinski definition) is 0. The number of esters is 1. The van der Waals surface area contributed by atoms with Crippen molar-refractivity contribution < 1.29 is 19.4 Å². The fourth-order valence-electron chi connectivity index (χ4n) is 3.72. The van der Waals surface area contributed by atoms with Gasteiger partial charge in [0.1, 0.15) is 6.04 Å². The van der Waals surface area contributed by atoms with Crippen LogP contribution >= 0.6 is 11.3 Å². The second kappa shape index (κ2) is 9.43. The lowest BCUT2D eigenvalue weighted by atomic mass is 9.96. The van der Waals surface area contributed by atoms with E-state index in [1.807, 2.05) is 0 Å². The van der Waals surface area contributed by atoms with Gasteiger partial charge in [-0.1, -0.05) is 23.5 Å². The second-order valence-corrected chi connectivity index (χ2v) is 8.49. The van der Waals surface area contributed by atoms with Crippen LogP contribution in [0.15, 0.2) is 63.9 Å². The number of allylic oxidation sites excluding steroid dienone is 1. The smallest absolute Gasteiger partial charge is 0.338 e. The summed E-state index contributed by atoms with van der Waals surface area (Å²) in [5.41, 5.74) is 0.825. The molecular weight excluding hydrogens is 476 g/mol. The lowest BCUT2D eigenvalue weighted by Gasteiger charge is -2.22. The van der Waals surface area contributed by atoms with Crippen LogP contribution in [0.3, 0.4) is 0 Å². The molecule has 0 saturated heterocycles. The molecule has 178 valence electrons. The first kappa shape index (κ1) is 23.7. The average molecular weight is 494 g/mol. The van der Waals surface area contributed by atoms with Gasteiger partial charge in [0.2, 0.25) is 0 Å². The largest absolute Gasteiger partial charge is 0.463 e. The lowest BCUT2D eigenvalue weighted by molar-refractivity contribution is -0.385. The van der Waals surface area contributed by atoms with E-state index in [0.717, 1.165) is 11.3 Å². The van der Waals surface area contributed by atoms with Crippen LogP contribution in [0.5, 0.6) is 0 Å². The number of thiazole rings is 1. The van der Waals surface area contributed by atoms with Crippen molar-refractivity contribution in [2.45, 2.75) is 19.9 Å². The van der Waals surface area contributed by atoms with E-state index in [9.17, 15) is 29.8 Å². The molecule has 3 aromatic rings. The molecule has 0 aliphatic carbocycles. The molecular formula is C23H18N4O7S. The Morgan fingerprint density at radius 2 is 1.83 bits per heavy atom. The molecule has 0 unspecified atom stereocenters. The number of hydrogen-bond acceptors (Lipinski definition) is 9. The number of aromatic nitrogens is 1. The van der Waals surface area contributed by atoms with Gasteiger partial charge in [0.15, 0.2) is 4.80 Å². The highest BCUT2D eigenvalue weighted by atomic mass is 32.1. The third-order valence-electron chi connectivity index (χ3n) is 5.34. The Balaban J connectivity index is 1.91. The zero-order valence-corrected chi connectivity index (χ0v) is 19.4. The first-order chi connectivity index (χ1) is 16.7. The number of benzene rings is 2. The van der Waals surface area contributed by atoms with Crippen molar-refractivity contribution in [2.75, 3.05) is 6.61 Å². The van der Waals surface area contributed by atoms with Crippen LogP contribution in [0, 0.1) is 20.2 Å². The third kappa shape index (κ3) is 4.51. The van der Waals surface area contributed by atoms with E-state index >= 15 is 0 Å². The molecule has 11 nitrogen and oxygen atoms in total. The average Bonchev–Trinajstić information content (AvgIpc) is 3.14. The predicted octanol–water partition coefficient (Wildman–Crippen LogP) is 2.72. The fourth-order valence-corrected chi connectivity index (χ4v) is 4.76. The van der Waals surface area contributed by atoms with Crippen LogP contribution in [0.25, 0.3) is 11.8 Å². The number of nitrogens with zero attached hydrogens (tertiary/aromatic N) is 4. The van der Waals surface area contributed by atoms with Gasteiger partial charge in [-0.3, -0.25) is 29.6 Å². The molecule has 4 rings (SSSR count). The monoisotopic (exact) mass is 494 g/mol. The predicted molar refractivity (Wildman–Crippen MR) is 127 cm³/mol. The maximum atomic E-state index is 13.2. The number of carbonyl (C=O) groups excluding carboxylic acids is 1. The summed E-state index contributed by atoms with van der Waals surface area (Å²) < 4.78 is 6.79. The zero-order valence-electron chi connectivity index (χ0n) is 18.5. The molecule has 0 radical (unpaired) electrons. The first-order valence-electron chi connectivity index (χ1n) is 10.4. The molecule has 0 N–H and O–H groups in total. The van der Waals surface area contributed by atoms with Gasteiger partial charge in [0.05, 0.1) is 26.6 Å². The molecule has 0 bridgehead atoms. The van der Waals surface area contributed by atoms with Crippen molar-refractivity contribution in [2.24, 2.45) is 4.99 Å². The number of nitro groups is 2. The molecule has 1 atom stereocenters. The Labute approximate surface area is 201 Å². The first-order valence-corrected chi connectivity index (χ1v) is 11.2. The topological polar surface area (TPSA) is 147 Å². The van der Waals surface area contributed by atoms with E-state index in [1.54, 1.807) is 19.9 Å². The van der Waals surface area contributed by atoms with E-state index in [1.165, 1.54) is 53.1 Å². The van der Waals surface area contributed by atoms with Crippen molar-refractivity contribution >= 4 is 40.5 Å². The molecule has 35 heavy (non-hydrogen) atoms. The molecule has 0 spiro atoms. The van der Waals surface area contributed by atoms with Gasteiger partial charge < -0.3 is 4.74 Å². The van der Waals surface area contributed by atoms with E-state index in [2.05, 4.69) is 4.99 Å². The quantitative estimate of drug-likeness (QED) is 0.291. The van der Waals surface area contributed by atoms with Crippen LogP contribution in [0.4, 0.5) is 11.4 Å². The molecule has 2 heterocycles. The van der Waals surface area contributed by atoms with Gasteiger partial charge >= 0.3 is 5.97 Å². The van der Waals surface area contributed by atoms with E-state index in [0.29, 0.717) is 21.6 Å². The Morgan fingerprint density at radius 1 is 1.14 bits per heavy atom. The molecule has 1 aliphatic rings. The SMILES string of the molecule is CCOC(=O)C1=C(C)n2c(s/c(=C\c3cccc([N+](=O)[O-])c3)c2=O)=N[C@@H]1c1ccc([N+](=O)[O-])cc1. The van der Waals surface area contributed by atoms with Gasteiger partial charge in [-0.15, -0.1) is 0 Å². The summed E-state index contributed by atoms with van der Waals surface area (Å²) in [4.78, 5) is 52.1. The number of non-ortho nitro benzene ring substituents is 2. The van der Waals surface area contributed by atoms with Gasteiger partial charge in [-0.2, -0.15) is 0 Å². The van der Waals surface area contributed by atoms with E-state index < -0.39 is 27.4 Å². The number of fused-ring (bicyclic) bond motifs is 1. The van der Waals surface area contributed by atoms with Crippen LogP contribution in [0.2, 0.25) is 0 Å². The van der Waals surface area contributed by atoms with Crippen molar-refractivity contribution in [3.05, 3.63) is 105 Å². The van der Waals surface area contributed by atoms with Crippen LogP contribution in [-0.4, -0.2) is 27.0 Å². The zero-order chi connectivity index (χ0) is 25.3. The highest BCUT2D eigenvalue weighted by Gasteiger charge is 2.31. The van der Waals surface area contributed by atoms with E-state index in [4.69, 9.17) is 4.74 Å². The maximum absolute atomic E-state index is 13.2. The van der Waals surface area contributed by atoms with Crippen molar-refractivity contribution in [1.82, 2.24) is 4.57 Å². The Morgan fingerprint density at radius 3 is 2.46 bits per heavy atom. The minimum atomic E-state index is -0.835. The number of nitro benzene ring substituents is 2. The summed E-state index contributed by atoms with van der Waals surface area (Å²) in [7, 11) is 0. The molecule has 0 amide bonds. The summed E-state index contributed by atoms with van der Waals surface area (Å²) in [6, 6.07) is 10.7. The maximum Gasteiger partial charge on any atom is 0.338 e. The van der Waals surface area contributed by atoms with Crippen molar-refractivity contribution in [3.63, 3.8) is 0 Å². The minimum absolute atomic E-state index is 0.107. The summed E-state index contributed by atoms with van der Waals surface area (Å²) in [5.74, 6) is -0.648. The highest BCUT2D eigenvalue weighted by molar-refractivity contribution is 7.07. The standard InChI is InChI=1S/C23H18N4O7S/c1-3-34-22(29)19-13(2)25-21(28)18(12-14-5-4-6-17(11-14)27(32)33)35-23(25)24-20(19)15-7-9-16(10-8-15)26(30)31/h4-12,20H,3H2,1-2H3/b18-12-/t20-/m1/s1. The van der Waals surface area contributed by atoms with Gasteiger partial charge in [-0.05, 0) is 43.2 Å². The molecule has 1 aromatic heterocycles. The fraction of sp³-hybridized carbons (Fsp3) is 0.174. The third-order valence-corrected chi connectivity index (χ3v) is 6.32. The summed E-state index contributed by atoms with van der Waals surface area (Å²) >= 11 is 1.07. The van der Waals surface area contributed by atoms with Gasteiger partial charge in [0.25, 0.3) is 16.9 Å². The van der Waals surface area contributed by atoms with Crippen LogP contribution in [0.1, 0.15) is 31.0 Å². The Hall–Kier alpha value is -4.45. The van der Waals surface area contributed by atoms with Gasteiger partial charge in [0, 0.05) is 30.0 Å². The molecule has 0 fully saturated rings. The Kier molecular flexibility index (Phi) is 6.38. The highest BCUT2D eigenvalue weighted by Crippen LogP contribution is 2.33. The molecule has 1 aliphatic heterocycles. The van der Waals surface area contributed by atoms with Crippen molar-refractivity contribution in [3.8, 4) is 0 Å². The summed E-state index contributed by atoms with van der Waals surface area (Å²) in [6.07, 6.45) is 1.53. The van der Waals surface area contributed by atoms with Gasteiger partial charge in [-0.25, -0.2) is 9.79 Å². The lowest BCUT2D eigenvalue weighted by Crippen LogP contribution is -2.35. The number of ether oxygens (including phenoxy) is 1. The number of carbonyl (C=O) groups is 1. The van der Waals surface area contributed by atoms with Crippen LogP contribution in [-0.2, 0) is 9.53 Å². The second-order valence-electron chi connectivity index (χ2n) is 7.49. The summed E-state index contributed by atoms with van der Waals surface area (Å²) in [5, 5.41) is 22.1. The number of rotatable bonds is 6. The molecule has 12 heteroatoms. The van der Waals surface area contributed by atoms with Crippen molar-refractivity contribution in [1.29, 1.82) is 0 Å². The normalized spacial score (nSPS) is 15.4. The van der Waals surface area contributed by atoms with E-state index in [-0.39, 0.29) is 28.1 Å². The Bertz CT molecular complexity index is 1570. The minimum Gasteiger partial charge on any atom is -0.463 e. The van der Waals surface area contributed by atoms with Crippen LogP contribution < -0.4 is 14.9 Å². The molecule has 2 aromatic carbocycles. The molecule has 0 saturated carbocycles.